The van der Waals surface area contributed by atoms with E-state index < -0.39 is 0 Å². The van der Waals surface area contributed by atoms with Gasteiger partial charge in [-0.25, -0.2) is 0 Å². The fourth-order valence-electron chi connectivity index (χ4n) is 11.2. The van der Waals surface area contributed by atoms with Gasteiger partial charge in [0.2, 0.25) is 0 Å². The summed E-state index contributed by atoms with van der Waals surface area (Å²) in [5.74, 6) is 0. The number of hydrogen-bond acceptors (Lipinski definition) is 0. The van der Waals surface area contributed by atoms with Crippen molar-refractivity contribution in [2.24, 2.45) is 0 Å². The Morgan fingerprint density at radius 3 is 1.44 bits per heavy atom. The third kappa shape index (κ3) is 4.93. The Morgan fingerprint density at radius 1 is 0.238 bits per heavy atom. The molecule has 0 saturated carbocycles. The van der Waals surface area contributed by atoms with Gasteiger partial charge in [0.1, 0.15) is 0 Å². The maximum Gasteiger partial charge on any atom is 0.0626 e. The zero-order chi connectivity index (χ0) is 41.2. The van der Waals surface area contributed by atoms with Crippen LogP contribution in [-0.2, 0) is 0 Å². The van der Waals surface area contributed by atoms with Gasteiger partial charge in [-0.3, -0.25) is 0 Å². The van der Waals surface area contributed by atoms with E-state index in [0.717, 1.165) is 5.69 Å². The van der Waals surface area contributed by atoms with Gasteiger partial charge < -0.3 is 4.57 Å². The van der Waals surface area contributed by atoms with E-state index in [-0.39, 0.29) is 0 Å². The van der Waals surface area contributed by atoms with Gasteiger partial charge in [0.05, 0.1) is 11.0 Å². The van der Waals surface area contributed by atoms with E-state index in [2.05, 4.69) is 229 Å². The van der Waals surface area contributed by atoms with Gasteiger partial charge in [-0.2, -0.15) is 0 Å². The van der Waals surface area contributed by atoms with Crippen molar-refractivity contribution >= 4 is 86.4 Å². The van der Waals surface area contributed by atoms with Crippen molar-refractivity contribution in [1.29, 1.82) is 0 Å². The van der Waals surface area contributed by atoms with Crippen molar-refractivity contribution in [3.8, 4) is 50.2 Å². The molecule has 0 bridgehead atoms. The fourth-order valence-corrected chi connectivity index (χ4v) is 11.2. The number of benzene rings is 13. The molecule has 14 rings (SSSR count). The van der Waals surface area contributed by atoms with Crippen LogP contribution in [0.3, 0.4) is 0 Å². The van der Waals surface area contributed by atoms with E-state index in [9.17, 15) is 0 Å². The highest BCUT2D eigenvalue weighted by molar-refractivity contribution is 6.39. The third-order valence-electron chi connectivity index (χ3n) is 13.8. The minimum absolute atomic E-state index is 1.15. The Labute approximate surface area is 364 Å². The van der Waals surface area contributed by atoms with Gasteiger partial charge in [0, 0.05) is 27.2 Å². The highest BCUT2D eigenvalue weighted by Gasteiger charge is 2.24. The standard InChI is InChI=1S/C62H37N/c1-4-14-38(15-5-1)44-34-45(39-16-6-2-7-17-39)36-46(35-44)63-56-25-11-10-21-52(56)61-53-23-12-20-43-37-55(49-22-13-24-54(62(61)63)60(49)59(43)53)48-31-27-42-28-32-50-47(40-18-8-3-9-19-40)30-26-41-29-33-51(48)58(42)57(41)50/h1-37H. The summed E-state index contributed by atoms with van der Waals surface area (Å²) in [4.78, 5) is 0. The maximum absolute atomic E-state index is 2.55. The Balaban J connectivity index is 1.09. The molecule has 13 aromatic carbocycles. The van der Waals surface area contributed by atoms with Crippen LogP contribution < -0.4 is 0 Å². The summed E-state index contributed by atoms with van der Waals surface area (Å²) in [5, 5.41) is 18.1. The van der Waals surface area contributed by atoms with Gasteiger partial charge in [-0.05, 0) is 129 Å². The number of aromatic nitrogens is 1. The number of fused-ring (bicyclic) bond motifs is 5. The molecular formula is C62H37N. The first-order chi connectivity index (χ1) is 31.3. The zero-order valence-electron chi connectivity index (χ0n) is 34.3. The summed E-state index contributed by atoms with van der Waals surface area (Å²) < 4.78 is 2.55. The maximum atomic E-state index is 2.55. The molecule has 0 fully saturated rings. The van der Waals surface area contributed by atoms with Crippen molar-refractivity contribution in [2.45, 2.75) is 0 Å². The molecule has 0 N–H and O–H groups in total. The van der Waals surface area contributed by atoms with E-state index in [1.165, 1.54) is 131 Å². The average molecular weight is 796 g/mol. The molecule has 14 aromatic rings. The smallest absolute Gasteiger partial charge is 0.0626 e. The van der Waals surface area contributed by atoms with E-state index in [1.807, 2.05) is 0 Å². The Morgan fingerprint density at radius 2 is 0.746 bits per heavy atom. The minimum atomic E-state index is 1.15. The molecule has 0 aliphatic heterocycles. The van der Waals surface area contributed by atoms with Gasteiger partial charge in [0.15, 0.2) is 0 Å². The Kier molecular flexibility index (Phi) is 7.17. The second-order valence-corrected chi connectivity index (χ2v) is 17.1. The molecule has 0 amide bonds. The lowest BCUT2D eigenvalue weighted by Gasteiger charge is -2.20. The van der Waals surface area contributed by atoms with Crippen molar-refractivity contribution in [1.82, 2.24) is 4.57 Å². The lowest BCUT2D eigenvalue weighted by molar-refractivity contribution is 1.19. The van der Waals surface area contributed by atoms with Crippen molar-refractivity contribution in [2.75, 3.05) is 0 Å². The van der Waals surface area contributed by atoms with Gasteiger partial charge >= 0.3 is 0 Å². The number of nitrogens with zero attached hydrogens (tertiary/aromatic N) is 1. The molecule has 1 aromatic heterocycles. The number of hydrogen-bond donors (Lipinski definition) is 0. The van der Waals surface area contributed by atoms with Crippen LogP contribution in [-0.4, -0.2) is 4.57 Å². The highest BCUT2D eigenvalue weighted by Crippen LogP contribution is 2.50. The van der Waals surface area contributed by atoms with Crippen LogP contribution in [0.4, 0.5) is 0 Å². The van der Waals surface area contributed by atoms with E-state index >= 15 is 0 Å². The summed E-state index contributed by atoms with van der Waals surface area (Å²) >= 11 is 0. The molecule has 1 heteroatoms. The summed E-state index contributed by atoms with van der Waals surface area (Å²) in [5.41, 5.74) is 13.4. The molecule has 0 unspecified atom stereocenters. The normalized spacial score (nSPS) is 12.1. The first kappa shape index (κ1) is 34.5. The molecule has 0 saturated heterocycles. The second-order valence-electron chi connectivity index (χ2n) is 17.1. The fraction of sp³-hybridized carbons (Fsp3) is 0. The largest absolute Gasteiger partial charge is 0.309 e. The summed E-state index contributed by atoms with van der Waals surface area (Å²) in [7, 11) is 0. The first-order valence-electron chi connectivity index (χ1n) is 21.9. The van der Waals surface area contributed by atoms with Crippen LogP contribution in [0.1, 0.15) is 0 Å². The zero-order valence-corrected chi connectivity index (χ0v) is 34.3. The summed E-state index contributed by atoms with van der Waals surface area (Å²) in [6.07, 6.45) is 0. The van der Waals surface area contributed by atoms with Crippen LogP contribution >= 0.6 is 0 Å². The van der Waals surface area contributed by atoms with E-state index in [0.29, 0.717) is 0 Å². The molecule has 63 heavy (non-hydrogen) atoms. The van der Waals surface area contributed by atoms with Crippen LogP contribution in [0.5, 0.6) is 0 Å². The molecule has 0 atom stereocenters. The van der Waals surface area contributed by atoms with Crippen LogP contribution in [0.15, 0.2) is 224 Å². The predicted molar refractivity (Wildman–Crippen MR) is 270 cm³/mol. The number of para-hydroxylation sites is 1. The Bertz CT molecular complexity index is 4050. The van der Waals surface area contributed by atoms with E-state index in [1.54, 1.807) is 0 Å². The monoisotopic (exact) mass is 795 g/mol. The average Bonchev–Trinajstić information content (AvgIpc) is 3.71. The molecule has 0 spiro atoms. The van der Waals surface area contributed by atoms with Gasteiger partial charge in [-0.15, -0.1) is 0 Å². The lowest BCUT2D eigenvalue weighted by Crippen LogP contribution is -1.97. The highest BCUT2D eigenvalue weighted by atomic mass is 15.0. The first-order valence-corrected chi connectivity index (χ1v) is 21.9. The SMILES string of the molecule is c1ccc(-c2cc(-c3ccccc3)cc(-n3c4ccccc4c4c5cccc6cc(-c7ccc8ccc9c(-c%10ccccc%10)ccc%10ccc7c8c%109)c7cccc(c7c65)c43)c2)cc1. The molecule has 0 aliphatic carbocycles. The molecule has 1 nitrogen and oxygen atoms in total. The minimum Gasteiger partial charge on any atom is -0.309 e. The molecule has 0 aliphatic rings. The third-order valence-corrected chi connectivity index (χ3v) is 13.8. The second kappa shape index (κ2) is 13.1. The van der Waals surface area contributed by atoms with Crippen molar-refractivity contribution in [3.63, 3.8) is 0 Å². The molecular weight excluding hydrogens is 759 g/mol. The van der Waals surface area contributed by atoms with E-state index in [4.69, 9.17) is 0 Å². The lowest BCUT2D eigenvalue weighted by atomic mass is 9.84. The summed E-state index contributed by atoms with van der Waals surface area (Å²) in [6.45, 7) is 0. The number of rotatable bonds is 5. The van der Waals surface area contributed by atoms with Crippen LogP contribution in [0, 0.1) is 0 Å². The molecule has 0 radical (unpaired) electrons. The van der Waals surface area contributed by atoms with Gasteiger partial charge in [0.25, 0.3) is 0 Å². The topological polar surface area (TPSA) is 4.93 Å². The van der Waals surface area contributed by atoms with Gasteiger partial charge in [-0.1, -0.05) is 194 Å². The Hall–Kier alpha value is -8.26. The predicted octanol–water partition coefficient (Wildman–Crippen LogP) is 17.2. The molecule has 290 valence electrons. The quantitative estimate of drug-likeness (QED) is 0.153. The van der Waals surface area contributed by atoms with Crippen LogP contribution in [0.25, 0.3) is 137 Å². The van der Waals surface area contributed by atoms with Crippen LogP contribution in [0.2, 0.25) is 0 Å². The summed E-state index contributed by atoms with van der Waals surface area (Å²) in [6, 6.07) is 83.6. The van der Waals surface area contributed by atoms with Crippen molar-refractivity contribution in [3.05, 3.63) is 224 Å². The van der Waals surface area contributed by atoms with Crippen molar-refractivity contribution < 1.29 is 0 Å². The molecule has 1 heterocycles.